The van der Waals surface area contributed by atoms with Crippen LogP contribution in [0.2, 0.25) is 0 Å². The van der Waals surface area contributed by atoms with Crippen LogP contribution in [0.5, 0.6) is 0 Å². The van der Waals surface area contributed by atoms with Crippen LogP contribution in [-0.2, 0) is 7.05 Å². The molecule has 0 atom stereocenters. The first-order chi connectivity index (χ1) is 16.8. The molecular weight excluding hydrogens is 442 g/mol. The van der Waals surface area contributed by atoms with Gasteiger partial charge in [-0.25, -0.2) is 14.5 Å². The van der Waals surface area contributed by atoms with Gasteiger partial charge in [0.05, 0.1) is 39.9 Å². The van der Waals surface area contributed by atoms with E-state index in [0.29, 0.717) is 22.4 Å². The van der Waals surface area contributed by atoms with Crippen molar-refractivity contribution in [3.8, 4) is 16.8 Å². The van der Waals surface area contributed by atoms with E-state index in [1.807, 2.05) is 56.3 Å². The molecule has 8 nitrogen and oxygen atoms in total. The minimum absolute atomic E-state index is 0.144. The zero-order chi connectivity index (χ0) is 24.7. The van der Waals surface area contributed by atoms with Crippen LogP contribution in [-0.4, -0.2) is 30.4 Å². The van der Waals surface area contributed by atoms with E-state index >= 15 is 0 Å². The number of anilines is 2. The zero-order valence-corrected chi connectivity index (χ0v) is 19.5. The van der Waals surface area contributed by atoms with Crippen LogP contribution in [0.4, 0.5) is 11.5 Å². The highest BCUT2D eigenvalue weighted by atomic mass is 16.4. The maximum Gasteiger partial charge on any atom is 0.337 e. The third kappa shape index (κ3) is 3.85. The highest BCUT2D eigenvalue weighted by molar-refractivity contribution is 5.96. The first-order valence-corrected chi connectivity index (χ1v) is 11.1. The molecule has 0 spiro atoms. The van der Waals surface area contributed by atoms with Gasteiger partial charge in [-0.05, 0) is 55.3 Å². The third-order valence-corrected chi connectivity index (χ3v) is 6.02. The number of nitrogens with one attached hydrogen (secondary N) is 1. The lowest BCUT2D eigenvalue weighted by molar-refractivity contribution is 0.0698. The number of aromatic nitrogens is 4. The van der Waals surface area contributed by atoms with Gasteiger partial charge in [-0.3, -0.25) is 4.79 Å². The summed E-state index contributed by atoms with van der Waals surface area (Å²) in [5.74, 6) is -0.431. The van der Waals surface area contributed by atoms with Crippen LogP contribution in [0.3, 0.4) is 0 Å². The van der Waals surface area contributed by atoms with Gasteiger partial charge >= 0.3 is 5.97 Å². The second kappa shape index (κ2) is 8.57. The molecule has 2 N–H and O–H groups in total. The van der Waals surface area contributed by atoms with Crippen molar-refractivity contribution in [3.05, 3.63) is 100 Å². The summed E-state index contributed by atoms with van der Waals surface area (Å²) >= 11 is 0. The van der Waals surface area contributed by atoms with Crippen molar-refractivity contribution in [2.75, 3.05) is 5.32 Å². The van der Waals surface area contributed by atoms with E-state index in [4.69, 9.17) is 5.10 Å². The molecule has 0 unspecified atom stereocenters. The lowest BCUT2D eigenvalue weighted by Gasteiger charge is -2.15. The molecule has 0 saturated heterocycles. The molecule has 0 aliphatic carbocycles. The van der Waals surface area contributed by atoms with E-state index in [2.05, 4.69) is 10.3 Å². The van der Waals surface area contributed by atoms with Crippen LogP contribution in [0, 0.1) is 13.8 Å². The van der Waals surface area contributed by atoms with Gasteiger partial charge < -0.3 is 15.0 Å². The van der Waals surface area contributed by atoms with Gasteiger partial charge in [-0.2, -0.15) is 5.10 Å². The molecule has 0 radical (unpaired) electrons. The van der Waals surface area contributed by atoms with Gasteiger partial charge in [0.15, 0.2) is 0 Å². The van der Waals surface area contributed by atoms with Gasteiger partial charge in [0.1, 0.15) is 5.82 Å². The van der Waals surface area contributed by atoms with Crippen LogP contribution in [0.1, 0.15) is 21.6 Å². The van der Waals surface area contributed by atoms with E-state index < -0.39 is 5.97 Å². The van der Waals surface area contributed by atoms with Crippen LogP contribution in [0.15, 0.2) is 77.9 Å². The van der Waals surface area contributed by atoms with E-state index in [0.717, 1.165) is 28.1 Å². The van der Waals surface area contributed by atoms with Crippen molar-refractivity contribution < 1.29 is 9.90 Å². The SMILES string of the molecule is Cc1ccccc1-n1nc(C)c(-c2ccc3ncn(C)c(=O)c3c2)c1Nc1ccccc1C(=O)O. The Balaban J connectivity index is 1.79. The number of hydrogen-bond acceptors (Lipinski definition) is 5. The number of fused-ring (bicyclic) bond motifs is 1. The highest BCUT2D eigenvalue weighted by Crippen LogP contribution is 2.37. The summed E-state index contributed by atoms with van der Waals surface area (Å²) in [5.41, 5.74) is 5.17. The lowest BCUT2D eigenvalue weighted by Crippen LogP contribution is -2.16. The topological polar surface area (TPSA) is 102 Å². The fraction of sp³-hybridized carbons (Fsp3) is 0.111. The third-order valence-electron chi connectivity index (χ3n) is 6.02. The van der Waals surface area contributed by atoms with Crippen molar-refractivity contribution >= 4 is 28.4 Å². The van der Waals surface area contributed by atoms with Crippen molar-refractivity contribution in [3.63, 3.8) is 0 Å². The molecule has 2 heterocycles. The molecule has 0 saturated carbocycles. The zero-order valence-electron chi connectivity index (χ0n) is 19.5. The summed E-state index contributed by atoms with van der Waals surface area (Å²) in [6, 6.07) is 20.1. The van der Waals surface area contributed by atoms with Crippen LogP contribution in [0.25, 0.3) is 27.7 Å². The second-order valence-electron chi connectivity index (χ2n) is 8.38. The highest BCUT2D eigenvalue weighted by Gasteiger charge is 2.22. The number of para-hydroxylation sites is 2. The Hall–Kier alpha value is -4.72. The van der Waals surface area contributed by atoms with E-state index in [9.17, 15) is 14.7 Å². The summed E-state index contributed by atoms with van der Waals surface area (Å²) in [6.07, 6.45) is 1.50. The van der Waals surface area contributed by atoms with Crippen molar-refractivity contribution in [2.45, 2.75) is 13.8 Å². The second-order valence-corrected chi connectivity index (χ2v) is 8.38. The number of carboxylic acid groups (broad SMARTS) is 1. The molecule has 5 rings (SSSR count). The molecule has 5 aromatic rings. The van der Waals surface area contributed by atoms with Crippen molar-refractivity contribution in [1.82, 2.24) is 19.3 Å². The number of nitrogens with zero attached hydrogens (tertiary/aromatic N) is 4. The first kappa shape index (κ1) is 22.1. The smallest absolute Gasteiger partial charge is 0.337 e. The van der Waals surface area contributed by atoms with Gasteiger partial charge in [0.2, 0.25) is 0 Å². The van der Waals surface area contributed by atoms with E-state index in [1.54, 1.807) is 36.0 Å². The van der Waals surface area contributed by atoms with Gasteiger partial charge in [0.25, 0.3) is 5.56 Å². The monoisotopic (exact) mass is 465 g/mol. The van der Waals surface area contributed by atoms with E-state index in [-0.39, 0.29) is 11.1 Å². The molecule has 0 aliphatic heterocycles. The molecule has 3 aromatic carbocycles. The van der Waals surface area contributed by atoms with Crippen molar-refractivity contribution in [2.24, 2.45) is 7.05 Å². The van der Waals surface area contributed by atoms with Gasteiger partial charge in [-0.15, -0.1) is 0 Å². The Morgan fingerprint density at radius 2 is 1.74 bits per heavy atom. The largest absolute Gasteiger partial charge is 0.478 e. The first-order valence-electron chi connectivity index (χ1n) is 11.1. The number of rotatable bonds is 5. The summed E-state index contributed by atoms with van der Waals surface area (Å²) < 4.78 is 3.22. The minimum atomic E-state index is -1.03. The average Bonchev–Trinajstić information content (AvgIpc) is 3.17. The van der Waals surface area contributed by atoms with Gasteiger partial charge in [0, 0.05) is 12.6 Å². The van der Waals surface area contributed by atoms with Crippen LogP contribution < -0.4 is 10.9 Å². The number of benzene rings is 3. The fourth-order valence-electron chi connectivity index (χ4n) is 4.24. The Bertz CT molecular complexity index is 1670. The average molecular weight is 466 g/mol. The predicted octanol–water partition coefficient (Wildman–Crippen LogP) is 4.84. The molecule has 2 aromatic heterocycles. The van der Waals surface area contributed by atoms with Crippen molar-refractivity contribution in [1.29, 1.82) is 0 Å². The number of carbonyl (C=O) groups is 1. The molecule has 8 heteroatoms. The molecule has 174 valence electrons. The quantitative estimate of drug-likeness (QED) is 0.385. The maximum atomic E-state index is 12.8. The molecular formula is C27H23N5O3. The summed E-state index contributed by atoms with van der Waals surface area (Å²) in [7, 11) is 1.67. The fourth-order valence-corrected chi connectivity index (χ4v) is 4.24. The number of aromatic carboxylic acids is 1. The maximum absolute atomic E-state index is 12.8. The molecule has 0 bridgehead atoms. The Kier molecular flexibility index (Phi) is 5.41. The summed E-state index contributed by atoms with van der Waals surface area (Å²) in [6.45, 7) is 3.89. The van der Waals surface area contributed by atoms with E-state index in [1.165, 1.54) is 10.9 Å². The molecule has 35 heavy (non-hydrogen) atoms. The standard InChI is InChI=1S/C27H23N5O3/c1-16-8-4-7-11-23(16)32-25(29-22-10-6-5-9-19(22)27(34)35)24(17(2)30-32)18-12-13-21-20(14-18)26(33)31(3)15-28-21/h4-15,29H,1-3H3,(H,34,35). The summed E-state index contributed by atoms with van der Waals surface area (Å²) in [4.78, 5) is 29.0. The lowest BCUT2D eigenvalue weighted by atomic mass is 10.0. The Morgan fingerprint density at radius 1 is 1.00 bits per heavy atom. The van der Waals surface area contributed by atoms with Crippen LogP contribution >= 0.6 is 0 Å². The summed E-state index contributed by atoms with van der Waals surface area (Å²) in [5, 5.41) is 18.4. The minimum Gasteiger partial charge on any atom is -0.478 e. The van der Waals surface area contributed by atoms with Gasteiger partial charge in [-0.1, -0.05) is 36.4 Å². The Labute approximate surface area is 201 Å². The number of hydrogen-bond donors (Lipinski definition) is 2. The predicted molar refractivity (Wildman–Crippen MR) is 136 cm³/mol. The normalized spacial score (nSPS) is 11.1. The number of carboxylic acids is 1. The Morgan fingerprint density at radius 3 is 2.51 bits per heavy atom. The molecule has 0 fully saturated rings. The molecule has 0 aliphatic rings. The molecule has 0 amide bonds. The number of aryl methyl sites for hydroxylation is 3.